The van der Waals surface area contributed by atoms with Gasteiger partial charge in [-0.1, -0.05) is 0 Å². The number of carbonyl (C=O) groups excluding carboxylic acids is 1. The maximum atomic E-state index is 11.2. The second kappa shape index (κ2) is 4.05. The van der Waals surface area contributed by atoms with Gasteiger partial charge in [-0.25, -0.2) is 13.2 Å². The molecule has 2 N–H and O–H groups in total. The monoisotopic (exact) mass is 236 g/mol. The molecule has 1 saturated heterocycles. The van der Waals surface area contributed by atoms with E-state index in [4.69, 9.17) is 5.11 Å². The van der Waals surface area contributed by atoms with Crippen LogP contribution in [0.15, 0.2) is 0 Å². The normalized spacial score (nSPS) is 19.0. The average molecular weight is 236 g/mol. The minimum atomic E-state index is -2.97. The van der Waals surface area contributed by atoms with E-state index in [0.29, 0.717) is 0 Å². The second-order valence-corrected chi connectivity index (χ2v) is 5.63. The van der Waals surface area contributed by atoms with Crippen molar-refractivity contribution in [3.63, 3.8) is 0 Å². The average Bonchev–Trinajstić information content (AvgIpc) is 1.99. The van der Waals surface area contributed by atoms with Gasteiger partial charge in [0.15, 0.2) is 9.84 Å². The van der Waals surface area contributed by atoms with Crippen molar-refractivity contribution in [1.29, 1.82) is 0 Å². The minimum Gasteiger partial charge on any atom is -0.480 e. The van der Waals surface area contributed by atoms with Crippen molar-refractivity contribution in [2.45, 2.75) is 6.04 Å². The number of rotatable bonds is 3. The fourth-order valence-electron chi connectivity index (χ4n) is 1.21. The number of carboxylic acid groups (broad SMARTS) is 1. The van der Waals surface area contributed by atoms with Gasteiger partial charge in [0.25, 0.3) is 0 Å². The van der Waals surface area contributed by atoms with Crippen LogP contribution in [0.1, 0.15) is 0 Å². The van der Waals surface area contributed by atoms with E-state index in [1.807, 2.05) is 0 Å². The predicted molar refractivity (Wildman–Crippen MR) is 51.2 cm³/mol. The number of urea groups is 1. The standard InChI is InChI=1S/C7H12N2O5S/c1-9(2-6(10)11)7(12)8-5-3-15(13,14)4-5/h5H,2-4H2,1H3,(H,8,12)(H,10,11). The van der Waals surface area contributed by atoms with E-state index in [1.54, 1.807) is 0 Å². The molecule has 7 nitrogen and oxygen atoms in total. The fourth-order valence-corrected chi connectivity index (χ4v) is 2.50. The molecule has 1 heterocycles. The maximum Gasteiger partial charge on any atom is 0.323 e. The number of amides is 2. The van der Waals surface area contributed by atoms with Gasteiger partial charge < -0.3 is 15.3 Å². The Kier molecular flexibility index (Phi) is 3.18. The Morgan fingerprint density at radius 3 is 2.40 bits per heavy atom. The molecule has 0 aliphatic carbocycles. The lowest BCUT2D eigenvalue weighted by molar-refractivity contribution is -0.137. The third-order valence-corrected chi connectivity index (χ3v) is 3.78. The highest BCUT2D eigenvalue weighted by molar-refractivity contribution is 7.92. The van der Waals surface area contributed by atoms with E-state index in [0.717, 1.165) is 4.90 Å². The Labute approximate surface area is 87.0 Å². The molecule has 0 unspecified atom stereocenters. The molecule has 1 aliphatic heterocycles. The van der Waals surface area contributed by atoms with Crippen LogP contribution in [0.4, 0.5) is 4.79 Å². The number of nitrogens with zero attached hydrogens (tertiary/aromatic N) is 1. The summed E-state index contributed by atoms with van der Waals surface area (Å²) in [4.78, 5) is 22.5. The molecule has 1 aliphatic rings. The number of hydrogen-bond acceptors (Lipinski definition) is 4. The first kappa shape index (κ1) is 11.8. The Hall–Kier alpha value is -1.31. The first-order valence-corrected chi connectivity index (χ1v) is 6.06. The van der Waals surface area contributed by atoms with Crippen LogP contribution in [0.25, 0.3) is 0 Å². The van der Waals surface area contributed by atoms with Gasteiger partial charge in [0.2, 0.25) is 0 Å². The van der Waals surface area contributed by atoms with Crippen LogP contribution in [-0.2, 0) is 14.6 Å². The summed E-state index contributed by atoms with van der Waals surface area (Å²) in [6.07, 6.45) is 0. The molecule has 1 rings (SSSR count). The van der Waals surface area contributed by atoms with E-state index in [2.05, 4.69) is 5.32 Å². The van der Waals surface area contributed by atoms with Gasteiger partial charge in [-0.3, -0.25) is 4.79 Å². The molecule has 0 atom stereocenters. The van der Waals surface area contributed by atoms with Gasteiger partial charge in [-0.05, 0) is 0 Å². The van der Waals surface area contributed by atoms with E-state index < -0.39 is 34.4 Å². The second-order valence-electron chi connectivity index (χ2n) is 3.47. The molecule has 2 amide bonds. The van der Waals surface area contributed by atoms with Crippen LogP contribution in [-0.4, -0.2) is 61.6 Å². The van der Waals surface area contributed by atoms with E-state index in [1.165, 1.54) is 7.05 Å². The molecule has 86 valence electrons. The van der Waals surface area contributed by atoms with Crippen LogP contribution >= 0.6 is 0 Å². The molecule has 0 radical (unpaired) electrons. The number of hydrogen-bond donors (Lipinski definition) is 2. The molecule has 0 aromatic heterocycles. The largest absolute Gasteiger partial charge is 0.480 e. The van der Waals surface area contributed by atoms with Crippen molar-refractivity contribution < 1.29 is 23.1 Å². The fraction of sp³-hybridized carbons (Fsp3) is 0.714. The molecule has 0 aromatic carbocycles. The molecular formula is C7H12N2O5S. The predicted octanol–water partition coefficient (Wildman–Crippen LogP) is -1.49. The molecule has 0 spiro atoms. The molecular weight excluding hydrogens is 224 g/mol. The summed E-state index contributed by atoms with van der Waals surface area (Å²) in [7, 11) is -1.64. The van der Waals surface area contributed by atoms with Crippen molar-refractivity contribution in [3.05, 3.63) is 0 Å². The van der Waals surface area contributed by atoms with Crippen LogP contribution in [0.2, 0.25) is 0 Å². The Morgan fingerprint density at radius 2 is 2.00 bits per heavy atom. The van der Waals surface area contributed by atoms with Crippen molar-refractivity contribution in [1.82, 2.24) is 10.2 Å². The Balaban J connectivity index is 2.34. The topological polar surface area (TPSA) is 104 Å². The summed E-state index contributed by atoms with van der Waals surface area (Å²) >= 11 is 0. The summed E-state index contributed by atoms with van der Waals surface area (Å²) in [6.45, 7) is -0.411. The van der Waals surface area contributed by atoms with Crippen molar-refractivity contribution >= 4 is 21.8 Å². The molecule has 0 saturated carbocycles. The maximum absolute atomic E-state index is 11.2. The van der Waals surface area contributed by atoms with Gasteiger partial charge in [0, 0.05) is 7.05 Å². The summed E-state index contributed by atoms with van der Waals surface area (Å²) in [5, 5.41) is 10.8. The highest BCUT2D eigenvalue weighted by atomic mass is 32.2. The van der Waals surface area contributed by atoms with Crippen LogP contribution in [0.3, 0.4) is 0 Å². The molecule has 1 fully saturated rings. The summed E-state index contributed by atoms with van der Waals surface area (Å²) < 4.78 is 21.5. The molecule has 15 heavy (non-hydrogen) atoms. The summed E-state index contributed by atoms with van der Waals surface area (Å²) in [5.41, 5.74) is 0. The van der Waals surface area contributed by atoms with Gasteiger partial charge in [-0.2, -0.15) is 0 Å². The van der Waals surface area contributed by atoms with Gasteiger partial charge in [-0.15, -0.1) is 0 Å². The van der Waals surface area contributed by atoms with Crippen LogP contribution in [0, 0.1) is 0 Å². The third kappa shape index (κ3) is 3.39. The Morgan fingerprint density at radius 1 is 1.47 bits per heavy atom. The lowest BCUT2D eigenvalue weighted by atomic mass is 10.4. The first-order valence-electron chi connectivity index (χ1n) is 4.24. The third-order valence-electron chi connectivity index (χ3n) is 1.96. The number of carbonyl (C=O) groups is 2. The number of nitrogens with one attached hydrogen (secondary N) is 1. The highest BCUT2D eigenvalue weighted by Crippen LogP contribution is 2.10. The zero-order valence-electron chi connectivity index (χ0n) is 8.13. The van der Waals surface area contributed by atoms with Gasteiger partial charge >= 0.3 is 12.0 Å². The lowest BCUT2D eigenvalue weighted by Gasteiger charge is -2.28. The van der Waals surface area contributed by atoms with E-state index in [9.17, 15) is 18.0 Å². The highest BCUT2D eigenvalue weighted by Gasteiger charge is 2.34. The zero-order chi connectivity index (χ0) is 11.6. The van der Waals surface area contributed by atoms with Crippen LogP contribution < -0.4 is 5.32 Å². The zero-order valence-corrected chi connectivity index (χ0v) is 8.95. The van der Waals surface area contributed by atoms with Gasteiger partial charge in [0.1, 0.15) is 6.54 Å². The van der Waals surface area contributed by atoms with Crippen molar-refractivity contribution in [3.8, 4) is 0 Å². The smallest absolute Gasteiger partial charge is 0.323 e. The SMILES string of the molecule is CN(CC(=O)O)C(=O)NC1CS(=O)(=O)C1. The molecule has 0 aromatic rings. The summed E-state index contributed by atoms with van der Waals surface area (Å²) in [6, 6.07) is -0.962. The van der Waals surface area contributed by atoms with Gasteiger partial charge in [0.05, 0.1) is 17.5 Å². The number of likely N-dealkylation sites (N-methyl/N-ethyl adjacent to an activating group) is 1. The number of carboxylic acids is 1. The van der Waals surface area contributed by atoms with Crippen molar-refractivity contribution in [2.75, 3.05) is 25.1 Å². The Bertz CT molecular complexity index is 365. The van der Waals surface area contributed by atoms with Crippen molar-refractivity contribution in [2.24, 2.45) is 0 Å². The van der Waals surface area contributed by atoms with E-state index in [-0.39, 0.29) is 11.5 Å². The number of sulfone groups is 1. The first-order chi connectivity index (χ1) is 6.80. The molecule has 0 bridgehead atoms. The number of aliphatic carboxylic acids is 1. The summed E-state index contributed by atoms with van der Waals surface area (Å²) in [5.74, 6) is -1.26. The lowest BCUT2D eigenvalue weighted by Crippen LogP contribution is -2.56. The van der Waals surface area contributed by atoms with E-state index >= 15 is 0 Å². The van der Waals surface area contributed by atoms with Crippen LogP contribution in [0.5, 0.6) is 0 Å². The minimum absolute atomic E-state index is 0.0698. The molecule has 8 heteroatoms. The quantitative estimate of drug-likeness (QED) is 0.621.